The molecule has 2 rings (SSSR count). The second-order valence-corrected chi connectivity index (χ2v) is 4.12. The van der Waals surface area contributed by atoms with E-state index >= 15 is 0 Å². The summed E-state index contributed by atoms with van der Waals surface area (Å²) in [6, 6.07) is 3.34. The van der Waals surface area contributed by atoms with Gasteiger partial charge in [-0.15, -0.1) is 0 Å². The van der Waals surface area contributed by atoms with Gasteiger partial charge in [0.05, 0.1) is 0 Å². The van der Waals surface area contributed by atoms with Gasteiger partial charge in [0.1, 0.15) is 5.82 Å². The summed E-state index contributed by atoms with van der Waals surface area (Å²) in [5, 5.41) is 9.79. The summed E-state index contributed by atoms with van der Waals surface area (Å²) < 4.78 is 1.49. The fraction of sp³-hybridized carbons (Fsp3) is 0.333. The molecule has 8 nitrogen and oxygen atoms in total. The Morgan fingerprint density at radius 1 is 1.45 bits per heavy atom. The van der Waals surface area contributed by atoms with Crippen LogP contribution in [-0.4, -0.2) is 39.2 Å². The molecule has 1 amide bonds. The standard InChI is InChI=1S/C12H17N7O/c1-3-5-15-9-7-10(17-12(13)16-9)19-6-4-8(18-19)11(20)14-2/h4,6-7H,3,5H2,1-2H3,(H,14,20)(H3,13,15,16,17). The van der Waals surface area contributed by atoms with Crippen molar-refractivity contribution in [3.63, 3.8) is 0 Å². The Morgan fingerprint density at radius 3 is 2.95 bits per heavy atom. The number of nitrogens with one attached hydrogen (secondary N) is 2. The Hall–Kier alpha value is -2.64. The van der Waals surface area contributed by atoms with Gasteiger partial charge in [-0.3, -0.25) is 4.79 Å². The molecule has 0 fully saturated rings. The van der Waals surface area contributed by atoms with E-state index in [1.165, 1.54) is 4.68 Å². The third-order valence-corrected chi connectivity index (χ3v) is 2.57. The van der Waals surface area contributed by atoms with Crippen LogP contribution in [0.2, 0.25) is 0 Å². The average molecular weight is 275 g/mol. The maximum atomic E-state index is 11.5. The number of nitrogens with two attached hydrogens (primary N) is 1. The number of rotatable bonds is 5. The maximum Gasteiger partial charge on any atom is 0.271 e. The van der Waals surface area contributed by atoms with E-state index in [9.17, 15) is 4.79 Å². The van der Waals surface area contributed by atoms with Crippen LogP contribution in [0.4, 0.5) is 11.8 Å². The molecule has 0 aliphatic heterocycles. The van der Waals surface area contributed by atoms with E-state index in [1.54, 1.807) is 25.4 Å². The molecule has 8 heteroatoms. The van der Waals surface area contributed by atoms with E-state index in [2.05, 4.69) is 32.6 Å². The van der Waals surface area contributed by atoms with Crippen molar-refractivity contribution in [2.75, 3.05) is 24.6 Å². The first kappa shape index (κ1) is 13.8. The SMILES string of the molecule is CCCNc1cc(-n2ccc(C(=O)NC)n2)nc(N)n1. The van der Waals surface area contributed by atoms with Gasteiger partial charge < -0.3 is 16.4 Å². The van der Waals surface area contributed by atoms with E-state index < -0.39 is 0 Å². The minimum atomic E-state index is -0.255. The zero-order chi connectivity index (χ0) is 14.5. The third kappa shape index (κ3) is 3.02. The fourth-order valence-corrected chi connectivity index (χ4v) is 1.61. The van der Waals surface area contributed by atoms with E-state index in [4.69, 9.17) is 5.73 Å². The summed E-state index contributed by atoms with van der Waals surface area (Å²) in [6.45, 7) is 2.85. The van der Waals surface area contributed by atoms with Crippen LogP contribution >= 0.6 is 0 Å². The lowest BCUT2D eigenvalue weighted by molar-refractivity contribution is 0.0957. The average Bonchev–Trinajstić information content (AvgIpc) is 2.93. The van der Waals surface area contributed by atoms with Crippen molar-refractivity contribution in [2.24, 2.45) is 0 Å². The van der Waals surface area contributed by atoms with Crippen molar-refractivity contribution in [1.29, 1.82) is 0 Å². The Morgan fingerprint density at radius 2 is 2.25 bits per heavy atom. The van der Waals surface area contributed by atoms with E-state index in [0.29, 0.717) is 17.3 Å². The molecule has 2 aromatic heterocycles. The van der Waals surface area contributed by atoms with Crippen LogP contribution in [-0.2, 0) is 0 Å². The van der Waals surface area contributed by atoms with E-state index in [1.807, 2.05) is 0 Å². The predicted octanol–water partition coefficient (Wildman–Crippen LogP) is 0.426. The Bertz CT molecular complexity index is 608. The molecule has 20 heavy (non-hydrogen) atoms. The highest BCUT2D eigenvalue weighted by molar-refractivity contribution is 5.91. The summed E-state index contributed by atoms with van der Waals surface area (Å²) in [7, 11) is 1.55. The molecule has 0 radical (unpaired) electrons. The summed E-state index contributed by atoms with van der Waals surface area (Å²) >= 11 is 0. The van der Waals surface area contributed by atoms with Crippen LogP contribution in [0.15, 0.2) is 18.3 Å². The number of carbonyl (C=O) groups is 1. The molecule has 0 aliphatic rings. The number of nitrogens with zero attached hydrogens (tertiary/aromatic N) is 4. The van der Waals surface area contributed by atoms with Gasteiger partial charge in [-0.1, -0.05) is 6.92 Å². The zero-order valence-electron chi connectivity index (χ0n) is 11.4. The second kappa shape index (κ2) is 6.00. The highest BCUT2D eigenvalue weighted by Crippen LogP contribution is 2.12. The quantitative estimate of drug-likeness (QED) is 0.729. The summed E-state index contributed by atoms with van der Waals surface area (Å²) in [5.74, 6) is 1.03. The molecule has 0 spiro atoms. The summed E-state index contributed by atoms with van der Waals surface area (Å²) in [6.07, 6.45) is 2.62. The molecule has 2 aromatic rings. The Balaban J connectivity index is 2.29. The van der Waals surface area contributed by atoms with E-state index in [-0.39, 0.29) is 11.9 Å². The Labute approximate surface area is 116 Å². The van der Waals surface area contributed by atoms with Gasteiger partial charge in [0.25, 0.3) is 5.91 Å². The van der Waals surface area contributed by atoms with Crippen LogP contribution in [0.1, 0.15) is 23.8 Å². The molecule has 0 saturated heterocycles. The first-order valence-corrected chi connectivity index (χ1v) is 6.30. The molecule has 0 atom stereocenters. The monoisotopic (exact) mass is 275 g/mol. The molecule has 2 heterocycles. The van der Waals surface area contributed by atoms with Gasteiger partial charge >= 0.3 is 0 Å². The van der Waals surface area contributed by atoms with Gasteiger partial charge in [0.2, 0.25) is 5.95 Å². The van der Waals surface area contributed by atoms with Gasteiger partial charge in [-0.25, -0.2) is 4.68 Å². The lowest BCUT2D eigenvalue weighted by Gasteiger charge is -2.07. The summed E-state index contributed by atoms with van der Waals surface area (Å²) in [4.78, 5) is 19.7. The van der Waals surface area contributed by atoms with Crippen molar-refractivity contribution in [1.82, 2.24) is 25.1 Å². The number of anilines is 2. The number of nitrogen functional groups attached to an aromatic ring is 1. The molecule has 4 N–H and O–H groups in total. The molecular weight excluding hydrogens is 258 g/mol. The Kier molecular flexibility index (Phi) is 4.14. The van der Waals surface area contributed by atoms with Gasteiger partial charge in [-0.05, 0) is 12.5 Å². The van der Waals surface area contributed by atoms with Crippen molar-refractivity contribution >= 4 is 17.7 Å². The smallest absolute Gasteiger partial charge is 0.271 e. The van der Waals surface area contributed by atoms with Crippen LogP contribution < -0.4 is 16.4 Å². The molecule has 0 saturated carbocycles. The van der Waals surface area contributed by atoms with Crippen LogP contribution in [0, 0.1) is 0 Å². The highest BCUT2D eigenvalue weighted by Gasteiger charge is 2.10. The molecular formula is C12H17N7O. The molecule has 0 aliphatic carbocycles. The zero-order valence-corrected chi connectivity index (χ0v) is 11.4. The third-order valence-electron chi connectivity index (χ3n) is 2.57. The van der Waals surface area contributed by atoms with Crippen molar-refractivity contribution in [3.05, 3.63) is 24.0 Å². The molecule has 106 valence electrons. The van der Waals surface area contributed by atoms with Crippen molar-refractivity contribution < 1.29 is 4.79 Å². The lowest BCUT2D eigenvalue weighted by atomic mass is 10.4. The normalized spacial score (nSPS) is 10.3. The molecule has 0 aromatic carbocycles. The highest BCUT2D eigenvalue weighted by atomic mass is 16.1. The van der Waals surface area contributed by atoms with Crippen molar-refractivity contribution in [2.45, 2.75) is 13.3 Å². The minimum absolute atomic E-state index is 0.151. The number of hydrogen-bond donors (Lipinski definition) is 3. The molecule has 0 unspecified atom stereocenters. The van der Waals surface area contributed by atoms with E-state index in [0.717, 1.165) is 13.0 Å². The number of amides is 1. The largest absolute Gasteiger partial charge is 0.370 e. The van der Waals surface area contributed by atoms with Crippen LogP contribution in [0.3, 0.4) is 0 Å². The number of hydrogen-bond acceptors (Lipinski definition) is 6. The predicted molar refractivity (Wildman–Crippen MR) is 75.7 cm³/mol. The minimum Gasteiger partial charge on any atom is -0.370 e. The molecule has 0 bridgehead atoms. The van der Waals surface area contributed by atoms with Gasteiger partial charge in [-0.2, -0.15) is 15.1 Å². The lowest BCUT2D eigenvalue weighted by Crippen LogP contribution is -2.18. The maximum absolute atomic E-state index is 11.5. The summed E-state index contributed by atoms with van der Waals surface area (Å²) in [5.41, 5.74) is 5.99. The van der Waals surface area contributed by atoms with Crippen LogP contribution in [0.5, 0.6) is 0 Å². The first-order chi connectivity index (χ1) is 9.63. The van der Waals surface area contributed by atoms with Crippen LogP contribution in [0.25, 0.3) is 5.82 Å². The topological polar surface area (TPSA) is 111 Å². The van der Waals surface area contributed by atoms with Crippen molar-refractivity contribution in [3.8, 4) is 5.82 Å². The van der Waals surface area contributed by atoms with Gasteiger partial charge in [0, 0.05) is 25.9 Å². The second-order valence-electron chi connectivity index (χ2n) is 4.12. The fourth-order valence-electron chi connectivity index (χ4n) is 1.61. The number of aromatic nitrogens is 4. The van der Waals surface area contributed by atoms with Gasteiger partial charge in [0.15, 0.2) is 11.5 Å². The first-order valence-electron chi connectivity index (χ1n) is 6.30. The number of carbonyl (C=O) groups excluding carboxylic acids is 1.